The van der Waals surface area contributed by atoms with Crippen LogP contribution in [-0.4, -0.2) is 28.2 Å². The Bertz CT molecular complexity index is 1580. The van der Waals surface area contributed by atoms with Crippen LogP contribution in [0.25, 0.3) is 44.3 Å². The quantitative estimate of drug-likeness (QED) is 0.366. The molecule has 0 spiro atoms. The van der Waals surface area contributed by atoms with E-state index in [1.54, 1.807) is 18.3 Å². The van der Waals surface area contributed by atoms with Crippen molar-refractivity contribution in [1.82, 2.24) is 15.0 Å². The first kappa shape index (κ1) is 20.7. The maximum atomic E-state index is 12.3. The number of amides is 1. The highest BCUT2D eigenvalue weighted by Crippen LogP contribution is 2.42. The largest absolute Gasteiger partial charge is 0.453 e. The van der Waals surface area contributed by atoms with Gasteiger partial charge in [-0.15, -0.1) is 0 Å². The normalized spacial score (nSPS) is 11.0. The van der Waals surface area contributed by atoms with Crippen LogP contribution >= 0.6 is 11.6 Å². The number of fused-ring (bicyclic) bond motifs is 2. The summed E-state index contributed by atoms with van der Waals surface area (Å²) in [5.41, 5.74) is 3.89. The number of aromatic nitrogens is 3. The number of pyridine rings is 3. The molecule has 0 fully saturated rings. The molecule has 2 N–H and O–H groups in total. The van der Waals surface area contributed by atoms with E-state index in [1.165, 1.54) is 13.2 Å². The molecule has 5 rings (SSSR count). The van der Waals surface area contributed by atoms with Gasteiger partial charge < -0.3 is 9.72 Å². The zero-order valence-electron chi connectivity index (χ0n) is 17.4. The number of hydrogen-bond donors (Lipinski definition) is 2. The molecule has 162 valence electrons. The number of halogens is 1. The molecule has 0 saturated carbocycles. The first-order valence-electron chi connectivity index (χ1n) is 10.1. The maximum Gasteiger partial charge on any atom is 0.411 e. The van der Waals surface area contributed by atoms with Gasteiger partial charge in [0.25, 0.3) is 0 Å². The topological polar surface area (TPSA) is 97.0 Å². The van der Waals surface area contributed by atoms with E-state index in [1.807, 2.05) is 48.5 Å². The van der Waals surface area contributed by atoms with Crippen molar-refractivity contribution in [3.63, 3.8) is 0 Å². The number of hydrogen-bond acceptors (Lipinski definition) is 5. The number of methoxy groups -OCH3 is 1. The summed E-state index contributed by atoms with van der Waals surface area (Å²) in [5, 5.41) is 4.67. The molecule has 0 atom stereocenters. The number of ether oxygens (including phenoxy) is 1. The van der Waals surface area contributed by atoms with Crippen LogP contribution in [0, 0.1) is 0 Å². The highest BCUT2D eigenvalue weighted by molar-refractivity contribution is 6.35. The van der Waals surface area contributed by atoms with Crippen molar-refractivity contribution in [3.05, 3.63) is 88.3 Å². The van der Waals surface area contributed by atoms with E-state index in [-0.39, 0.29) is 5.56 Å². The molecule has 1 amide bonds. The molecular weight excluding hydrogens is 440 g/mol. The summed E-state index contributed by atoms with van der Waals surface area (Å²) in [7, 11) is 1.29. The lowest BCUT2D eigenvalue weighted by atomic mass is 9.94. The molecule has 5 aromatic rings. The fraction of sp³-hybridized carbons (Fsp3) is 0.0400. The molecule has 8 heteroatoms. The number of carbonyl (C=O) groups excluding carboxylic acids is 1. The Balaban J connectivity index is 1.93. The molecule has 7 nitrogen and oxygen atoms in total. The van der Waals surface area contributed by atoms with Crippen molar-refractivity contribution in [2.24, 2.45) is 0 Å². The second-order valence-electron chi connectivity index (χ2n) is 7.31. The predicted molar refractivity (Wildman–Crippen MR) is 130 cm³/mol. The Hall–Kier alpha value is -4.23. The number of nitrogens with one attached hydrogen (secondary N) is 2. The standard InChI is InChI=1S/C25H17ClN4O3/c1-33-25(32)30-23-17-9-10-19(31)28-24(17)29-22(14-6-3-2-4-7-14)20(23)16-12-15-8-5-11-27-21(15)18(26)13-16/h2-13H,1H3,(H2,28,29,30,31,32). The van der Waals surface area contributed by atoms with E-state index in [9.17, 15) is 9.59 Å². The van der Waals surface area contributed by atoms with Gasteiger partial charge in [-0.2, -0.15) is 0 Å². The first-order chi connectivity index (χ1) is 16.0. The highest BCUT2D eigenvalue weighted by atomic mass is 35.5. The van der Waals surface area contributed by atoms with Gasteiger partial charge in [0.05, 0.1) is 29.0 Å². The van der Waals surface area contributed by atoms with Crippen molar-refractivity contribution in [3.8, 4) is 22.4 Å². The Morgan fingerprint density at radius 1 is 1.03 bits per heavy atom. The molecular formula is C25H17ClN4O3. The van der Waals surface area contributed by atoms with Crippen LogP contribution in [0.15, 0.2) is 77.7 Å². The first-order valence-corrected chi connectivity index (χ1v) is 10.4. The molecule has 0 bridgehead atoms. The van der Waals surface area contributed by atoms with Gasteiger partial charge in [-0.05, 0) is 29.8 Å². The van der Waals surface area contributed by atoms with Crippen molar-refractivity contribution in [1.29, 1.82) is 0 Å². The SMILES string of the molecule is COC(=O)Nc1c(-c2cc(Cl)c3ncccc3c2)c(-c2ccccc2)nc2[nH]c(=O)ccc12. The van der Waals surface area contributed by atoms with E-state index in [4.69, 9.17) is 21.3 Å². The van der Waals surface area contributed by atoms with Crippen LogP contribution in [0.2, 0.25) is 5.02 Å². The number of carbonyl (C=O) groups is 1. The molecule has 3 heterocycles. The number of nitrogens with zero attached hydrogens (tertiary/aromatic N) is 2. The third-order valence-electron chi connectivity index (χ3n) is 5.28. The Morgan fingerprint density at radius 2 is 1.85 bits per heavy atom. The lowest BCUT2D eigenvalue weighted by Gasteiger charge is -2.18. The van der Waals surface area contributed by atoms with Crippen molar-refractivity contribution in [2.45, 2.75) is 0 Å². The molecule has 0 aliphatic heterocycles. The van der Waals surface area contributed by atoms with E-state index in [0.717, 1.165) is 16.5 Å². The Morgan fingerprint density at radius 3 is 2.64 bits per heavy atom. The predicted octanol–water partition coefficient (Wildman–Crippen LogP) is 5.64. The number of aromatic amines is 1. The number of anilines is 1. The smallest absolute Gasteiger partial charge is 0.411 e. The molecule has 0 aliphatic carbocycles. The van der Waals surface area contributed by atoms with Crippen LogP contribution in [0.4, 0.5) is 10.5 Å². The summed E-state index contributed by atoms with van der Waals surface area (Å²) in [6, 6.07) is 20.0. The van der Waals surface area contributed by atoms with Crippen LogP contribution in [-0.2, 0) is 4.74 Å². The van der Waals surface area contributed by atoms with Gasteiger partial charge in [-0.3, -0.25) is 15.1 Å². The van der Waals surface area contributed by atoms with Gasteiger partial charge in [-0.25, -0.2) is 9.78 Å². The molecule has 0 saturated heterocycles. The fourth-order valence-electron chi connectivity index (χ4n) is 3.84. The van der Waals surface area contributed by atoms with E-state index >= 15 is 0 Å². The number of benzene rings is 2. The van der Waals surface area contributed by atoms with Gasteiger partial charge in [0.2, 0.25) is 5.56 Å². The molecule has 3 aromatic heterocycles. The summed E-state index contributed by atoms with van der Waals surface area (Å²) in [5.74, 6) is 0. The monoisotopic (exact) mass is 456 g/mol. The zero-order valence-corrected chi connectivity index (χ0v) is 18.2. The van der Waals surface area contributed by atoms with Crippen molar-refractivity contribution >= 4 is 45.3 Å². The summed E-state index contributed by atoms with van der Waals surface area (Å²) in [6.07, 6.45) is 1.03. The summed E-state index contributed by atoms with van der Waals surface area (Å²) in [4.78, 5) is 36.3. The second kappa shape index (κ2) is 8.37. The Labute approximate surface area is 193 Å². The van der Waals surface area contributed by atoms with Crippen molar-refractivity contribution in [2.75, 3.05) is 12.4 Å². The molecule has 33 heavy (non-hydrogen) atoms. The average Bonchev–Trinajstić information content (AvgIpc) is 2.84. The zero-order chi connectivity index (χ0) is 22.9. The van der Waals surface area contributed by atoms with E-state index < -0.39 is 6.09 Å². The molecule has 0 unspecified atom stereocenters. The van der Waals surface area contributed by atoms with Gasteiger partial charge in [0, 0.05) is 34.2 Å². The lowest BCUT2D eigenvalue weighted by Crippen LogP contribution is -2.14. The van der Waals surface area contributed by atoms with Gasteiger partial charge >= 0.3 is 6.09 Å². The summed E-state index contributed by atoms with van der Waals surface area (Å²) < 4.78 is 4.88. The van der Waals surface area contributed by atoms with E-state index in [0.29, 0.717) is 38.5 Å². The summed E-state index contributed by atoms with van der Waals surface area (Å²) >= 11 is 6.59. The number of H-pyrrole nitrogens is 1. The van der Waals surface area contributed by atoms with Gasteiger partial charge in [0.1, 0.15) is 5.65 Å². The minimum atomic E-state index is -0.650. The molecule has 0 aliphatic rings. The highest BCUT2D eigenvalue weighted by Gasteiger charge is 2.21. The van der Waals surface area contributed by atoms with Crippen LogP contribution in [0.5, 0.6) is 0 Å². The minimum absolute atomic E-state index is 0.300. The third kappa shape index (κ3) is 3.79. The maximum absolute atomic E-state index is 12.3. The van der Waals surface area contributed by atoms with E-state index in [2.05, 4.69) is 15.3 Å². The van der Waals surface area contributed by atoms with Crippen molar-refractivity contribution < 1.29 is 9.53 Å². The average molecular weight is 457 g/mol. The molecule has 2 aromatic carbocycles. The second-order valence-corrected chi connectivity index (χ2v) is 7.72. The lowest BCUT2D eigenvalue weighted by molar-refractivity contribution is 0.187. The molecule has 0 radical (unpaired) electrons. The van der Waals surface area contributed by atoms with Crippen LogP contribution in [0.1, 0.15) is 0 Å². The van der Waals surface area contributed by atoms with Gasteiger partial charge in [-0.1, -0.05) is 48.0 Å². The fourth-order valence-corrected chi connectivity index (χ4v) is 4.11. The van der Waals surface area contributed by atoms with Gasteiger partial charge in [0.15, 0.2) is 0 Å². The summed E-state index contributed by atoms with van der Waals surface area (Å²) in [6.45, 7) is 0. The minimum Gasteiger partial charge on any atom is -0.453 e. The van der Waals surface area contributed by atoms with Crippen LogP contribution < -0.4 is 10.9 Å². The Kier molecular flexibility index (Phi) is 5.24. The third-order valence-corrected chi connectivity index (χ3v) is 5.57. The number of rotatable bonds is 3. The van der Waals surface area contributed by atoms with Crippen LogP contribution in [0.3, 0.4) is 0 Å².